The molecule has 2 aromatic rings. The third-order valence-electron chi connectivity index (χ3n) is 4.56. The van der Waals surface area contributed by atoms with Crippen LogP contribution in [0.5, 0.6) is 17.2 Å². The van der Waals surface area contributed by atoms with Gasteiger partial charge in [-0.1, -0.05) is 50.5 Å². The van der Waals surface area contributed by atoms with Crippen molar-refractivity contribution >= 4 is 12.1 Å². The van der Waals surface area contributed by atoms with Crippen molar-refractivity contribution < 1.29 is 19.0 Å². The van der Waals surface area contributed by atoms with Gasteiger partial charge in [-0.15, -0.1) is 6.58 Å². The second-order valence-electron chi connectivity index (χ2n) is 7.00. The lowest BCUT2D eigenvalue weighted by Crippen LogP contribution is -2.24. The zero-order valence-electron chi connectivity index (χ0n) is 18.4. The van der Waals surface area contributed by atoms with Gasteiger partial charge in [0.05, 0.1) is 19.9 Å². The van der Waals surface area contributed by atoms with E-state index in [1.54, 1.807) is 19.4 Å². The molecule has 0 aliphatic carbocycles. The Labute approximate surface area is 184 Å². The quantitative estimate of drug-likeness (QED) is 0.202. The third-order valence-corrected chi connectivity index (χ3v) is 4.56. The molecule has 0 aliphatic heterocycles. The Morgan fingerprint density at radius 2 is 1.94 bits per heavy atom. The number of carbonyl (C=O) groups excluding carboxylic acids is 1. The monoisotopic (exact) mass is 424 g/mol. The van der Waals surface area contributed by atoms with E-state index in [9.17, 15) is 4.79 Å². The number of para-hydroxylation sites is 1. The lowest BCUT2D eigenvalue weighted by atomic mass is 10.1. The van der Waals surface area contributed by atoms with Gasteiger partial charge in [-0.3, -0.25) is 4.79 Å². The van der Waals surface area contributed by atoms with Gasteiger partial charge in [0, 0.05) is 5.56 Å². The fourth-order valence-electron chi connectivity index (χ4n) is 2.91. The predicted octanol–water partition coefficient (Wildman–Crippen LogP) is 4.91. The number of methoxy groups -OCH3 is 1. The Bertz CT molecular complexity index is 864. The van der Waals surface area contributed by atoms with Crippen LogP contribution in [-0.2, 0) is 11.2 Å². The van der Waals surface area contributed by atoms with Crippen molar-refractivity contribution in [1.29, 1.82) is 0 Å². The van der Waals surface area contributed by atoms with Gasteiger partial charge in [0.1, 0.15) is 17.2 Å². The molecule has 0 unspecified atom stereocenters. The standard InChI is InChI=1S/C25H32N2O4/c1-4-6-7-10-16-30-24-15-14-22(29-3)17-21(24)18-26-27-25(28)19-31-23-13-9-8-12-20(23)11-5-2/h5,8-9,12-15,17-18H,2,4,6-7,10-11,16,19H2,1,3H3,(H,27,28). The fraction of sp³-hybridized carbons (Fsp3) is 0.360. The smallest absolute Gasteiger partial charge is 0.277 e. The Balaban J connectivity index is 1.91. The van der Waals surface area contributed by atoms with Gasteiger partial charge >= 0.3 is 0 Å². The van der Waals surface area contributed by atoms with Crippen LogP contribution in [0.15, 0.2) is 60.2 Å². The zero-order valence-corrected chi connectivity index (χ0v) is 18.4. The largest absolute Gasteiger partial charge is 0.497 e. The van der Waals surface area contributed by atoms with Crippen LogP contribution in [-0.4, -0.2) is 32.4 Å². The third kappa shape index (κ3) is 8.54. The molecule has 0 radical (unpaired) electrons. The van der Waals surface area contributed by atoms with Crippen molar-refractivity contribution in [3.8, 4) is 17.2 Å². The van der Waals surface area contributed by atoms with Crippen LogP contribution in [0.1, 0.15) is 43.7 Å². The van der Waals surface area contributed by atoms with Crippen molar-refractivity contribution in [3.63, 3.8) is 0 Å². The number of nitrogens with one attached hydrogen (secondary N) is 1. The van der Waals surface area contributed by atoms with E-state index in [-0.39, 0.29) is 12.5 Å². The molecule has 6 nitrogen and oxygen atoms in total. The predicted molar refractivity (Wildman–Crippen MR) is 124 cm³/mol. The molecule has 0 atom stereocenters. The van der Waals surface area contributed by atoms with Crippen LogP contribution in [0.25, 0.3) is 0 Å². The van der Waals surface area contributed by atoms with Gasteiger partial charge < -0.3 is 14.2 Å². The van der Waals surface area contributed by atoms with Crippen molar-refractivity contribution in [2.24, 2.45) is 5.10 Å². The summed E-state index contributed by atoms with van der Waals surface area (Å²) in [6.45, 7) is 6.42. The van der Waals surface area contributed by atoms with E-state index in [1.807, 2.05) is 42.5 Å². The number of nitrogens with zero attached hydrogens (tertiary/aromatic N) is 1. The highest BCUT2D eigenvalue weighted by molar-refractivity contribution is 5.86. The van der Waals surface area contributed by atoms with E-state index in [2.05, 4.69) is 24.0 Å². The lowest BCUT2D eigenvalue weighted by Gasteiger charge is -2.11. The number of amides is 1. The van der Waals surface area contributed by atoms with Gasteiger partial charge in [-0.05, 0) is 42.7 Å². The number of unbranched alkanes of at least 4 members (excludes halogenated alkanes) is 3. The summed E-state index contributed by atoms with van der Waals surface area (Å²) in [5.74, 6) is 1.70. The SMILES string of the molecule is C=CCc1ccccc1OCC(=O)NN=Cc1cc(OC)ccc1OCCCCCC. The number of hydrazone groups is 1. The van der Waals surface area contributed by atoms with Gasteiger partial charge in [0.2, 0.25) is 0 Å². The Morgan fingerprint density at radius 1 is 1.10 bits per heavy atom. The molecule has 0 fully saturated rings. The summed E-state index contributed by atoms with van der Waals surface area (Å²) < 4.78 is 16.8. The number of ether oxygens (including phenoxy) is 3. The second-order valence-corrected chi connectivity index (χ2v) is 7.00. The summed E-state index contributed by atoms with van der Waals surface area (Å²) in [5.41, 5.74) is 4.20. The van der Waals surface area contributed by atoms with E-state index in [0.29, 0.717) is 30.3 Å². The molecule has 166 valence electrons. The highest BCUT2D eigenvalue weighted by Crippen LogP contribution is 2.23. The summed E-state index contributed by atoms with van der Waals surface area (Å²) >= 11 is 0. The van der Waals surface area contributed by atoms with Gasteiger partial charge in [0.25, 0.3) is 5.91 Å². The average Bonchev–Trinajstić information content (AvgIpc) is 2.79. The molecule has 0 heterocycles. The molecular weight excluding hydrogens is 392 g/mol. The molecule has 1 amide bonds. The second kappa shape index (κ2) is 13.9. The van der Waals surface area contributed by atoms with Gasteiger partial charge in [0.15, 0.2) is 6.61 Å². The molecule has 0 saturated carbocycles. The highest BCUT2D eigenvalue weighted by atomic mass is 16.5. The Morgan fingerprint density at radius 3 is 2.71 bits per heavy atom. The van der Waals surface area contributed by atoms with Crippen LogP contribution in [0, 0.1) is 0 Å². The van der Waals surface area contributed by atoms with Crippen molar-refractivity contribution in [2.75, 3.05) is 20.3 Å². The molecule has 1 N–H and O–H groups in total. The van der Waals surface area contributed by atoms with Crippen molar-refractivity contribution in [3.05, 3.63) is 66.2 Å². The first-order valence-electron chi connectivity index (χ1n) is 10.6. The molecule has 0 aliphatic rings. The number of carbonyl (C=O) groups is 1. The molecule has 31 heavy (non-hydrogen) atoms. The number of benzene rings is 2. The van der Waals surface area contributed by atoms with Crippen LogP contribution in [0.3, 0.4) is 0 Å². The first-order chi connectivity index (χ1) is 15.2. The number of allylic oxidation sites excluding steroid dienone is 1. The van der Waals surface area contributed by atoms with Gasteiger partial charge in [-0.25, -0.2) is 5.43 Å². The first-order valence-corrected chi connectivity index (χ1v) is 10.6. The number of hydrogen-bond donors (Lipinski definition) is 1. The zero-order chi connectivity index (χ0) is 22.3. The molecule has 6 heteroatoms. The van der Waals surface area contributed by atoms with Crippen LogP contribution in [0.2, 0.25) is 0 Å². The minimum atomic E-state index is -0.352. The molecule has 2 rings (SSSR count). The van der Waals surface area contributed by atoms with E-state index >= 15 is 0 Å². The summed E-state index contributed by atoms with van der Waals surface area (Å²) in [6.07, 6.45) is 8.54. The average molecular weight is 425 g/mol. The maximum absolute atomic E-state index is 12.1. The van der Waals surface area contributed by atoms with E-state index in [4.69, 9.17) is 14.2 Å². The number of hydrogen-bond acceptors (Lipinski definition) is 5. The molecule has 0 aromatic heterocycles. The highest BCUT2D eigenvalue weighted by Gasteiger charge is 2.07. The summed E-state index contributed by atoms with van der Waals surface area (Å²) in [4.78, 5) is 12.1. The topological polar surface area (TPSA) is 69.2 Å². The summed E-state index contributed by atoms with van der Waals surface area (Å²) in [5, 5.41) is 4.05. The molecule has 0 spiro atoms. The normalized spacial score (nSPS) is 10.6. The maximum atomic E-state index is 12.1. The molecule has 0 bridgehead atoms. The maximum Gasteiger partial charge on any atom is 0.277 e. The minimum absolute atomic E-state index is 0.135. The van der Waals surface area contributed by atoms with Crippen LogP contribution < -0.4 is 19.6 Å². The Kier molecular flexibility index (Phi) is 10.7. The fourth-order valence-corrected chi connectivity index (χ4v) is 2.91. The molecule has 0 saturated heterocycles. The lowest BCUT2D eigenvalue weighted by molar-refractivity contribution is -0.123. The summed E-state index contributed by atoms with van der Waals surface area (Å²) in [6, 6.07) is 13.1. The van der Waals surface area contributed by atoms with E-state index in [0.717, 1.165) is 24.0 Å². The van der Waals surface area contributed by atoms with E-state index in [1.165, 1.54) is 12.8 Å². The van der Waals surface area contributed by atoms with Crippen LogP contribution in [0.4, 0.5) is 0 Å². The molecular formula is C25H32N2O4. The van der Waals surface area contributed by atoms with Crippen molar-refractivity contribution in [1.82, 2.24) is 5.43 Å². The minimum Gasteiger partial charge on any atom is -0.497 e. The summed E-state index contributed by atoms with van der Waals surface area (Å²) in [7, 11) is 1.60. The number of rotatable bonds is 14. The van der Waals surface area contributed by atoms with Crippen molar-refractivity contribution in [2.45, 2.75) is 39.0 Å². The van der Waals surface area contributed by atoms with Crippen LogP contribution >= 0.6 is 0 Å². The molecule has 2 aromatic carbocycles. The van der Waals surface area contributed by atoms with E-state index < -0.39 is 0 Å². The van der Waals surface area contributed by atoms with Gasteiger partial charge in [-0.2, -0.15) is 5.10 Å². The first kappa shape index (κ1) is 24.0. The Hall–Kier alpha value is -3.28.